The van der Waals surface area contributed by atoms with Crippen molar-refractivity contribution in [3.05, 3.63) is 21.3 Å². The highest BCUT2D eigenvalue weighted by Gasteiger charge is 2.50. The van der Waals surface area contributed by atoms with Gasteiger partial charge in [0.25, 0.3) is 0 Å². The first-order valence-corrected chi connectivity index (χ1v) is 8.41. The molecule has 4 saturated carbocycles. The van der Waals surface area contributed by atoms with Crippen molar-refractivity contribution < 1.29 is 0 Å². The van der Waals surface area contributed by atoms with Crippen molar-refractivity contribution in [2.75, 3.05) is 0 Å². The molecule has 2 N–H and O–H groups in total. The van der Waals surface area contributed by atoms with Crippen LogP contribution in [-0.2, 0) is 0 Å². The molecule has 0 saturated heterocycles. The van der Waals surface area contributed by atoms with Crippen LogP contribution >= 0.6 is 22.9 Å². The topological polar surface area (TPSA) is 26.0 Å². The van der Waals surface area contributed by atoms with Crippen molar-refractivity contribution in [2.24, 2.45) is 35.3 Å². The summed E-state index contributed by atoms with van der Waals surface area (Å²) >= 11 is 7.74. The van der Waals surface area contributed by atoms with E-state index in [1.54, 1.807) is 11.3 Å². The van der Waals surface area contributed by atoms with Crippen LogP contribution in [0.25, 0.3) is 0 Å². The number of rotatable bonds is 2. The molecular weight excluding hydrogens is 262 g/mol. The Labute approximate surface area is 118 Å². The van der Waals surface area contributed by atoms with Crippen LogP contribution in [0.15, 0.2) is 12.1 Å². The third-order valence-electron chi connectivity index (χ3n) is 5.64. The Balaban J connectivity index is 1.61. The summed E-state index contributed by atoms with van der Waals surface area (Å²) in [6.45, 7) is 0. The van der Waals surface area contributed by atoms with Gasteiger partial charge in [-0.15, -0.1) is 11.3 Å². The fourth-order valence-electron chi connectivity index (χ4n) is 5.25. The van der Waals surface area contributed by atoms with Gasteiger partial charge in [-0.25, -0.2) is 0 Å². The second-order valence-corrected chi connectivity index (χ2v) is 8.42. The first-order valence-electron chi connectivity index (χ1n) is 7.21. The van der Waals surface area contributed by atoms with E-state index in [9.17, 15) is 0 Å². The van der Waals surface area contributed by atoms with Gasteiger partial charge >= 0.3 is 0 Å². The van der Waals surface area contributed by atoms with Gasteiger partial charge in [-0.3, -0.25) is 0 Å². The molecule has 0 aromatic carbocycles. The van der Waals surface area contributed by atoms with Crippen molar-refractivity contribution in [2.45, 2.75) is 38.1 Å². The predicted molar refractivity (Wildman–Crippen MR) is 76.8 cm³/mol. The number of thiophene rings is 1. The summed E-state index contributed by atoms with van der Waals surface area (Å²) in [5.74, 6) is 4.59. The van der Waals surface area contributed by atoms with Gasteiger partial charge in [0.15, 0.2) is 0 Å². The lowest BCUT2D eigenvalue weighted by atomic mass is 9.50. The summed E-state index contributed by atoms with van der Waals surface area (Å²) in [6, 6.07) is 4.37. The minimum atomic E-state index is 0.234. The Morgan fingerprint density at radius 1 is 1.06 bits per heavy atom. The fourth-order valence-corrected chi connectivity index (χ4v) is 6.37. The average molecular weight is 282 g/mol. The van der Waals surface area contributed by atoms with Gasteiger partial charge in [0.2, 0.25) is 0 Å². The molecule has 4 bridgehead atoms. The largest absolute Gasteiger partial charge is 0.323 e. The van der Waals surface area contributed by atoms with Crippen LogP contribution < -0.4 is 5.73 Å². The van der Waals surface area contributed by atoms with Crippen molar-refractivity contribution in [3.8, 4) is 0 Å². The lowest BCUT2D eigenvalue weighted by molar-refractivity contribution is -0.0467. The maximum absolute atomic E-state index is 6.59. The second kappa shape index (κ2) is 4.22. The van der Waals surface area contributed by atoms with Gasteiger partial charge in [0.1, 0.15) is 0 Å². The molecule has 0 spiro atoms. The van der Waals surface area contributed by atoms with Crippen LogP contribution in [0, 0.1) is 29.6 Å². The van der Waals surface area contributed by atoms with E-state index in [1.807, 2.05) is 6.07 Å². The highest BCUT2D eigenvalue weighted by atomic mass is 35.5. The minimum absolute atomic E-state index is 0.234. The molecule has 4 fully saturated rings. The molecule has 5 rings (SSSR count). The Hall–Kier alpha value is -0.0500. The van der Waals surface area contributed by atoms with Crippen molar-refractivity contribution in [1.82, 2.24) is 0 Å². The number of hydrogen-bond donors (Lipinski definition) is 1. The Kier molecular flexibility index (Phi) is 2.76. The normalized spacial score (nSPS) is 43.3. The summed E-state index contributed by atoms with van der Waals surface area (Å²) < 4.78 is 0.879. The van der Waals surface area contributed by atoms with Gasteiger partial charge in [-0.1, -0.05) is 11.6 Å². The summed E-state index contributed by atoms with van der Waals surface area (Å²) in [5, 5.41) is 0. The van der Waals surface area contributed by atoms with Crippen LogP contribution in [0.2, 0.25) is 4.34 Å². The molecule has 1 heterocycles. The maximum atomic E-state index is 6.59. The van der Waals surface area contributed by atoms with Crippen molar-refractivity contribution in [1.29, 1.82) is 0 Å². The molecule has 1 nitrogen and oxygen atoms in total. The Morgan fingerprint density at radius 2 is 1.67 bits per heavy atom. The van der Waals surface area contributed by atoms with Gasteiger partial charge in [-0.05, 0) is 73.8 Å². The van der Waals surface area contributed by atoms with Crippen LogP contribution in [0.4, 0.5) is 0 Å². The quantitative estimate of drug-likeness (QED) is 0.850. The minimum Gasteiger partial charge on any atom is -0.323 e. The van der Waals surface area contributed by atoms with E-state index >= 15 is 0 Å². The zero-order valence-corrected chi connectivity index (χ0v) is 12.1. The SMILES string of the molecule is NC(c1ccc(Cl)s1)C1C2CC3CC(C2)CC1C3. The van der Waals surface area contributed by atoms with E-state index < -0.39 is 0 Å². The fraction of sp³-hybridized carbons (Fsp3) is 0.733. The average Bonchev–Trinajstić information content (AvgIpc) is 2.74. The van der Waals surface area contributed by atoms with Crippen molar-refractivity contribution >= 4 is 22.9 Å². The Morgan fingerprint density at radius 3 is 2.17 bits per heavy atom. The molecule has 0 radical (unpaired) electrons. The molecular formula is C15H20ClNS. The zero-order chi connectivity index (χ0) is 12.3. The Bertz CT molecular complexity index is 427. The summed E-state index contributed by atoms with van der Waals surface area (Å²) in [5.41, 5.74) is 6.59. The molecule has 3 heteroatoms. The molecule has 1 aromatic rings. The molecule has 1 unspecified atom stereocenters. The number of halogens is 1. The molecule has 98 valence electrons. The van der Waals surface area contributed by atoms with E-state index in [1.165, 1.54) is 37.0 Å². The van der Waals surface area contributed by atoms with Gasteiger partial charge in [0, 0.05) is 10.9 Å². The molecule has 1 atom stereocenters. The summed E-state index contributed by atoms with van der Waals surface area (Å²) in [4.78, 5) is 1.30. The molecule has 0 amide bonds. The lowest BCUT2D eigenvalue weighted by Crippen LogP contribution is -2.48. The van der Waals surface area contributed by atoms with E-state index in [-0.39, 0.29) is 6.04 Å². The first kappa shape index (κ1) is 11.7. The monoisotopic (exact) mass is 281 g/mol. The number of nitrogens with two attached hydrogens (primary N) is 1. The van der Waals surface area contributed by atoms with E-state index in [2.05, 4.69) is 6.07 Å². The maximum Gasteiger partial charge on any atom is 0.0931 e. The second-order valence-electron chi connectivity index (χ2n) is 6.68. The lowest BCUT2D eigenvalue weighted by Gasteiger charge is -2.55. The van der Waals surface area contributed by atoms with Gasteiger partial charge < -0.3 is 5.73 Å². The molecule has 0 aliphatic heterocycles. The van der Waals surface area contributed by atoms with Gasteiger partial charge in [0.05, 0.1) is 4.34 Å². The molecule has 4 aliphatic carbocycles. The first-order chi connectivity index (χ1) is 8.70. The molecule has 4 aliphatic rings. The van der Waals surface area contributed by atoms with Crippen molar-refractivity contribution in [3.63, 3.8) is 0 Å². The van der Waals surface area contributed by atoms with E-state index in [0.717, 1.165) is 33.9 Å². The standard InChI is InChI=1S/C15H20ClNS/c16-13-2-1-12(18-13)15(17)14-10-4-8-3-9(6-10)7-11(14)5-8/h1-2,8-11,14-15H,3-7,17H2. The third kappa shape index (κ3) is 1.76. The van der Waals surface area contributed by atoms with Gasteiger partial charge in [-0.2, -0.15) is 0 Å². The molecule has 1 aromatic heterocycles. The van der Waals surface area contributed by atoms with Crippen LogP contribution in [-0.4, -0.2) is 0 Å². The predicted octanol–water partition coefficient (Wildman–Crippen LogP) is 4.47. The van der Waals surface area contributed by atoms with Crippen LogP contribution in [0.5, 0.6) is 0 Å². The van der Waals surface area contributed by atoms with E-state index in [0.29, 0.717) is 0 Å². The van der Waals surface area contributed by atoms with Crippen LogP contribution in [0.3, 0.4) is 0 Å². The summed E-state index contributed by atoms with van der Waals surface area (Å²) in [6.07, 6.45) is 7.31. The molecule has 18 heavy (non-hydrogen) atoms. The smallest absolute Gasteiger partial charge is 0.0931 e. The summed E-state index contributed by atoms with van der Waals surface area (Å²) in [7, 11) is 0. The zero-order valence-electron chi connectivity index (χ0n) is 10.5. The third-order valence-corrected chi connectivity index (χ3v) is 6.97. The van der Waals surface area contributed by atoms with E-state index in [4.69, 9.17) is 17.3 Å². The number of hydrogen-bond acceptors (Lipinski definition) is 2. The highest BCUT2D eigenvalue weighted by molar-refractivity contribution is 7.16. The van der Waals surface area contributed by atoms with Crippen LogP contribution in [0.1, 0.15) is 43.0 Å². The highest BCUT2D eigenvalue weighted by Crippen LogP contribution is 2.59.